The molecule has 5 heteroatoms. The molecule has 1 atom stereocenters. The number of aromatic nitrogens is 1. The molecule has 0 bridgehead atoms. The van der Waals surface area contributed by atoms with Crippen molar-refractivity contribution >= 4 is 11.3 Å². The van der Waals surface area contributed by atoms with Crippen molar-refractivity contribution in [2.24, 2.45) is 0 Å². The summed E-state index contributed by atoms with van der Waals surface area (Å²) < 4.78 is 10.6. The lowest BCUT2D eigenvalue weighted by atomic mass is 10.2. The lowest BCUT2D eigenvalue weighted by Gasteiger charge is -2.07. The van der Waals surface area contributed by atoms with E-state index in [1.807, 2.05) is 32.2 Å². The third kappa shape index (κ3) is 2.94. The van der Waals surface area contributed by atoms with Crippen LogP contribution in [0.2, 0.25) is 0 Å². The Morgan fingerprint density at radius 2 is 1.75 bits per heavy atom. The second-order valence-corrected chi connectivity index (χ2v) is 5.61. The SMILES string of the molecule is CNC(C)c1sc(-c2cc(OC)cc(OC)c2)nc1C. The largest absolute Gasteiger partial charge is 0.497 e. The number of hydrogen-bond acceptors (Lipinski definition) is 5. The zero-order valence-electron chi connectivity index (χ0n) is 12.5. The lowest BCUT2D eigenvalue weighted by molar-refractivity contribution is 0.394. The molecule has 1 unspecified atom stereocenters. The number of rotatable bonds is 5. The van der Waals surface area contributed by atoms with E-state index in [9.17, 15) is 0 Å². The second kappa shape index (κ2) is 6.24. The highest BCUT2D eigenvalue weighted by atomic mass is 32.1. The van der Waals surface area contributed by atoms with Gasteiger partial charge in [0, 0.05) is 22.5 Å². The molecule has 0 spiro atoms. The Bertz CT molecular complexity index is 573. The van der Waals surface area contributed by atoms with Gasteiger partial charge in [-0.1, -0.05) is 0 Å². The van der Waals surface area contributed by atoms with Crippen LogP contribution in [-0.2, 0) is 0 Å². The number of methoxy groups -OCH3 is 2. The monoisotopic (exact) mass is 292 g/mol. The van der Waals surface area contributed by atoms with Gasteiger partial charge in [-0.2, -0.15) is 0 Å². The molecule has 0 fully saturated rings. The van der Waals surface area contributed by atoms with Crippen LogP contribution in [0.25, 0.3) is 10.6 Å². The van der Waals surface area contributed by atoms with Crippen LogP contribution in [0.1, 0.15) is 23.5 Å². The second-order valence-electron chi connectivity index (χ2n) is 4.58. The fourth-order valence-electron chi connectivity index (χ4n) is 2.00. The van der Waals surface area contributed by atoms with Crippen LogP contribution in [-0.4, -0.2) is 26.3 Å². The number of nitrogens with one attached hydrogen (secondary N) is 1. The van der Waals surface area contributed by atoms with Crippen LogP contribution >= 0.6 is 11.3 Å². The molecule has 0 saturated carbocycles. The van der Waals surface area contributed by atoms with E-state index in [1.54, 1.807) is 25.6 Å². The van der Waals surface area contributed by atoms with Crippen molar-refractivity contribution in [2.45, 2.75) is 19.9 Å². The Morgan fingerprint density at radius 1 is 1.15 bits per heavy atom. The standard InChI is InChI=1S/C15H20N2O2S/c1-9(16-3)14-10(2)17-15(20-14)11-6-12(18-4)8-13(7-11)19-5/h6-9,16H,1-5H3. The molecule has 1 N–H and O–H groups in total. The molecule has 0 amide bonds. The van der Waals surface area contributed by atoms with Crippen LogP contribution in [0.5, 0.6) is 11.5 Å². The van der Waals surface area contributed by atoms with Gasteiger partial charge in [0.25, 0.3) is 0 Å². The Kier molecular flexibility index (Phi) is 4.62. The molecule has 1 heterocycles. The summed E-state index contributed by atoms with van der Waals surface area (Å²) in [5, 5.41) is 4.24. The summed E-state index contributed by atoms with van der Waals surface area (Å²) in [6.07, 6.45) is 0. The first kappa shape index (κ1) is 14.8. The van der Waals surface area contributed by atoms with Gasteiger partial charge in [0.15, 0.2) is 0 Å². The summed E-state index contributed by atoms with van der Waals surface area (Å²) in [5.41, 5.74) is 2.08. The van der Waals surface area contributed by atoms with E-state index in [2.05, 4.69) is 17.2 Å². The summed E-state index contributed by atoms with van der Waals surface area (Å²) in [6, 6.07) is 6.12. The highest BCUT2D eigenvalue weighted by Gasteiger charge is 2.15. The normalized spacial score (nSPS) is 12.2. The van der Waals surface area contributed by atoms with Crippen molar-refractivity contribution in [3.63, 3.8) is 0 Å². The van der Waals surface area contributed by atoms with Gasteiger partial charge in [0.05, 0.1) is 19.9 Å². The number of hydrogen-bond donors (Lipinski definition) is 1. The quantitative estimate of drug-likeness (QED) is 0.917. The van der Waals surface area contributed by atoms with Crippen LogP contribution in [0, 0.1) is 6.92 Å². The first-order valence-electron chi connectivity index (χ1n) is 6.47. The maximum absolute atomic E-state index is 5.31. The molecular formula is C15H20N2O2S. The highest BCUT2D eigenvalue weighted by Crippen LogP contribution is 2.35. The van der Waals surface area contributed by atoms with E-state index >= 15 is 0 Å². The number of thiazole rings is 1. The molecule has 0 radical (unpaired) electrons. The molecule has 2 aromatic rings. The van der Waals surface area contributed by atoms with E-state index in [-0.39, 0.29) is 0 Å². The van der Waals surface area contributed by atoms with Gasteiger partial charge in [0.1, 0.15) is 16.5 Å². The summed E-state index contributed by atoms with van der Waals surface area (Å²) in [5.74, 6) is 1.55. The zero-order chi connectivity index (χ0) is 14.7. The molecule has 1 aromatic heterocycles. The van der Waals surface area contributed by atoms with Crippen LogP contribution < -0.4 is 14.8 Å². The van der Waals surface area contributed by atoms with Gasteiger partial charge in [-0.05, 0) is 33.0 Å². The molecule has 0 aliphatic carbocycles. The van der Waals surface area contributed by atoms with E-state index in [4.69, 9.17) is 9.47 Å². The Morgan fingerprint density at radius 3 is 2.25 bits per heavy atom. The third-order valence-corrected chi connectivity index (χ3v) is 4.65. The van der Waals surface area contributed by atoms with Crippen molar-refractivity contribution < 1.29 is 9.47 Å². The van der Waals surface area contributed by atoms with Crippen molar-refractivity contribution in [3.8, 4) is 22.1 Å². The summed E-state index contributed by atoms with van der Waals surface area (Å²) in [7, 11) is 5.26. The molecule has 0 saturated heterocycles. The molecule has 2 rings (SSSR count). The maximum atomic E-state index is 5.31. The molecule has 20 heavy (non-hydrogen) atoms. The number of benzene rings is 1. The first-order chi connectivity index (χ1) is 9.58. The maximum Gasteiger partial charge on any atom is 0.124 e. The molecular weight excluding hydrogens is 272 g/mol. The van der Waals surface area contributed by atoms with Crippen LogP contribution in [0.3, 0.4) is 0 Å². The summed E-state index contributed by atoms with van der Waals surface area (Å²) in [4.78, 5) is 5.92. The Balaban J connectivity index is 2.46. The zero-order valence-corrected chi connectivity index (χ0v) is 13.3. The molecule has 4 nitrogen and oxygen atoms in total. The smallest absolute Gasteiger partial charge is 0.124 e. The fraction of sp³-hybridized carbons (Fsp3) is 0.400. The van der Waals surface area contributed by atoms with E-state index in [0.717, 1.165) is 27.8 Å². The van der Waals surface area contributed by atoms with Crippen molar-refractivity contribution in [1.29, 1.82) is 0 Å². The van der Waals surface area contributed by atoms with Crippen molar-refractivity contribution in [3.05, 3.63) is 28.8 Å². The van der Waals surface area contributed by atoms with Gasteiger partial charge >= 0.3 is 0 Å². The van der Waals surface area contributed by atoms with Crippen LogP contribution in [0.15, 0.2) is 18.2 Å². The van der Waals surface area contributed by atoms with Gasteiger partial charge in [0.2, 0.25) is 0 Å². The van der Waals surface area contributed by atoms with Crippen LogP contribution in [0.4, 0.5) is 0 Å². The third-order valence-electron chi connectivity index (χ3n) is 3.26. The lowest BCUT2D eigenvalue weighted by Crippen LogP contribution is -2.11. The average Bonchev–Trinajstić information content (AvgIpc) is 2.87. The minimum absolute atomic E-state index is 0.300. The summed E-state index contributed by atoms with van der Waals surface area (Å²) in [6.45, 7) is 4.18. The first-order valence-corrected chi connectivity index (χ1v) is 7.28. The summed E-state index contributed by atoms with van der Waals surface area (Å²) >= 11 is 1.70. The predicted molar refractivity (Wildman–Crippen MR) is 82.9 cm³/mol. The molecule has 0 aliphatic rings. The van der Waals surface area contributed by atoms with Gasteiger partial charge in [-0.3, -0.25) is 0 Å². The molecule has 108 valence electrons. The number of aryl methyl sites for hydroxylation is 1. The fourth-order valence-corrected chi connectivity index (χ4v) is 3.11. The van der Waals surface area contributed by atoms with E-state index in [1.165, 1.54) is 4.88 Å². The van der Waals surface area contributed by atoms with Gasteiger partial charge in [-0.25, -0.2) is 4.98 Å². The average molecular weight is 292 g/mol. The van der Waals surface area contributed by atoms with Gasteiger partial charge in [-0.15, -0.1) is 11.3 Å². The van der Waals surface area contributed by atoms with Crippen molar-refractivity contribution in [1.82, 2.24) is 10.3 Å². The van der Waals surface area contributed by atoms with Gasteiger partial charge < -0.3 is 14.8 Å². The Labute approximate surface area is 123 Å². The predicted octanol–water partition coefficient (Wildman–Crippen LogP) is 3.42. The van der Waals surface area contributed by atoms with Crippen molar-refractivity contribution in [2.75, 3.05) is 21.3 Å². The van der Waals surface area contributed by atoms with E-state index in [0.29, 0.717) is 6.04 Å². The van der Waals surface area contributed by atoms with E-state index < -0.39 is 0 Å². The minimum Gasteiger partial charge on any atom is -0.497 e. The minimum atomic E-state index is 0.300. The molecule has 1 aromatic carbocycles. The Hall–Kier alpha value is -1.59. The molecule has 0 aliphatic heterocycles. The number of nitrogens with zero attached hydrogens (tertiary/aromatic N) is 1. The highest BCUT2D eigenvalue weighted by molar-refractivity contribution is 7.15. The number of ether oxygens (including phenoxy) is 2. The topological polar surface area (TPSA) is 43.4 Å².